The molecule has 0 fully saturated rings. The summed E-state index contributed by atoms with van der Waals surface area (Å²) >= 11 is 0. The van der Waals surface area contributed by atoms with Crippen molar-refractivity contribution in [1.29, 1.82) is 0 Å². The molecule has 0 radical (unpaired) electrons. The number of nitrogens with two attached hydrogens (primary N) is 2. The van der Waals surface area contributed by atoms with E-state index in [1.54, 1.807) is 0 Å². The summed E-state index contributed by atoms with van der Waals surface area (Å²) in [5.41, 5.74) is 11.6. The Balaban J connectivity index is 2.18. The van der Waals surface area contributed by atoms with E-state index in [0.717, 1.165) is 0 Å². The van der Waals surface area contributed by atoms with E-state index < -0.39 is 66.2 Å². The van der Waals surface area contributed by atoms with Gasteiger partial charge in [0.1, 0.15) is 18.1 Å². The zero-order valence-corrected chi connectivity index (χ0v) is 20.0. The topological polar surface area (TPSA) is 288 Å². The van der Waals surface area contributed by atoms with Crippen LogP contribution in [0.15, 0.2) is 25.0 Å². The standard InChI is InChI=1S/C21H29N9O8/c22-12(1-2-16(23)31)18(34)28-14(5-17(32)33)20(36)29-13(3-10-6-24-8-26-10)19(35)30-15(21(37)38)4-11-7-25-9-27-11/h6-9,12-15H,1-5,22H2,(H2,23,31)(H,24,26)(H,25,27)(H,28,34)(H,29,36)(H,30,35)(H,32,33)(H,37,38). The largest absolute Gasteiger partial charge is 0.481 e. The first-order valence-electron chi connectivity index (χ1n) is 11.3. The summed E-state index contributed by atoms with van der Waals surface area (Å²) in [5.74, 6) is -6.32. The Morgan fingerprint density at radius 3 is 1.79 bits per heavy atom. The van der Waals surface area contributed by atoms with E-state index in [-0.39, 0.29) is 25.7 Å². The lowest BCUT2D eigenvalue weighted by molar-refractivity contribution is -0.143. The van der Waals surface area contributed by atoms with E-state index in [4.69, 9.17) is 11.5 Å². The van der Waals surface area contributed by atoms with Crippen LogP contribution in [0.5, 0.6) is 0 Å². The predicted molar refractivity (Wildman–Crippen MR) is 127 cm³/mol. The predicted octanol–water partition coefficient (Wildman–Crippen LogP) is -3.48. The molecule has 11 N–H and O–H groups in total. The van der Waals surface area contributed by atoms with Crippen molar-refractivity contribution in [3.05, 3.63) is 36.4 Å². The van der Waals surface area contributed by atoms with Gasteiger partial charge in [-0.2, -0.15) is 0 Å². The van der Waals surface area contributed by atoms with Gasteiger partial charge in [0, 0.05) is 43.0 Å². The molecule has 2 heterocycles. The average molecular weight is 536 g/mol. The Morgan fingerprint density at radius 2 is 1.32 bits per heavy atom. The molecule has 4 amide bonds. The molecule has 2 aromatic heterocycles. The minimum absolute atomic E-state index is 0.132. The second-order valence-electron chi connectivity index (χ2n) is 8.29. The van der Waals surface area contributed by atoms with Crippen LogP contribution in [0.3, 0.4) is 0 Å². The Morgan fingerprint density at radius 1 is 0.816 bits per heavy atom. The van der Waals surface area contributed by atoms with Crippen molar-refractivity contribution in [1.82, 2.24) is 35.9 Å². The summed E-state index contributed by atoms with van der Waals surface area (Å²) in [6.07, 6.45) is 3.93. The van der Waals surface area contributed by atoms with Crippen molar-refractivity contribution in [2.45, 2.75) is 56.3 Å². The van der Waals surface area contributed by atoms with Gasteiger partial charge >= 0.3 is 11.9 Å². The number of hydrogen-bond acceptors (Lipinski definition) is 9. The molecule has 0 aliphatic heterocycles. The second-order valence-corrected chi connectivity index (χ2v) is 8.29. The summed E-state index contributed by atoms with van der Waals surface area (Å²) in [5, 5.41) is 25.7. The molecule has 0 saturated carbocycles. The van der Waals surface area contributed by atoms with Gasteiger partial charge in [0.05, 0.1) is 25.1 Å². The minimum atomic E-state index is -1.64. The second kappa shape index (κ2) is 14.1. The maximum absolute atomic E-state index is 13.1. The fraction of sp³-hybridized carbons (Fsp3) is 0.429. The van der Waals surface area contributed by atoms with Crippen LogP contribution in [0.2, 0.25) is 0 Å². The van der Waals surface area contributed by atoms with E-state index in [2.05, 4.69) is 35.9 Å². The first kappa shape index (κ1) is 29.4. The van der Waals surface area contributed by atoms with Crippen LogP contribution in [-0.4, -0.2) is 89.9 Å². The molecule has 0 aromatic carbocycles. The Bertz CT molecular complexity index is 1120. The monoisotopic (exact) mass is 535 g/mol. The van der Waals surface area contributed by atoms with Gasteiger partial charge in [-0.15, -0.1) is 0 Å². The van der Waals surface area contributed by atoms with E-state index in [9.17, 15) is 39.0 Å². The lowest BCUT2D eigenvalue weighted by atomic mass is 10.1. The van der Waals surface area contributed by atoms with Crippen LogP contribution in [0.25, 0.3) is 0 Å². The van der Waals surface area contributed by atoms with Crippen LogP contribution >= 0.6 is 0 Å². The molecule has 206 valence electrons. The van der Waals surface area contributed by atoms with Gasteiger partial charge in [0.25, 0.3) is 0 Å². The third-order valence-corrected chi connectivity index (χ3v) is 5.26. The number of imidazole rings is 2. The highest BCUT2D eigenvalue weighted by Crippen LogP contribution is 2.05. The molecule has 0 aliphatic carbocycles. The molecule has 0 spiro atoms. The minimum Gasteiger partial charge on any atom is -0.481 e. The van der Waals surface area contributed by atoms with Gasteiger partial charge in [-0.25, -0.2) is 14.8 Å². The number of nitrogens with one attached hydrogen (secondary N) is 5. The lowest BCUT2D eigenvalue weighted by Gasteiger charge is -2.24. The highest BCUT2D eigenvalue weighted by molar-refractivity contribution is 5.95. The number of aliphatic carboxylic acids is 2. The fourth-order valence-electron chi connectivity index (χ4n) is 3.28. The van der Waals surface area contributed by atoms with Crippen LogP contribution in [0.4, 0.5) is 0 Å². The zero-order chi connectivity index (χ0) is 28.2. The van der Waals surface area contributed by atoms with E-state index in [1.165, 1.54) is 25.0 Å². The molecular weight excluding hydrogens is 506 g/mol. The highest BCUT2D eigenvalue weighted by Gasteiger charge is 2.32. The van der Waals surface area contributed by atoms with Gasteiger partial charge in [-0.3, -0.25) is 24.0 Å². The molecule has 38 heavy (non-hydrogen) atoms. The van der Waals surface area contributed by atoms with Crippen LogP contribution in [-0.2, 0) is 41.6 Å². The molecule has 0 aliphatic rings. The maximum Gasteiger partial charge on any atom is 0.326 e. The van der Waals surface area contributed by atoms with Gasteiger partial charge in [0.2, 0.25) is 23.6 Å². The average Bonchev–Trinajstić information content (AvgIpc) is 3.55. The first-order chi connectivity index (χ1) is 18.0. The molecule has 4 unspecified atom stereocenters. The third-order valence-electron chi connectivity index (χ3n) is 5.26. The Labute approximate surface area is 215 Å². The van der Waals surface area contributed by atoms with Gasteiger partial charge < -0.3 is 47.6 Å². The van der Waals surface area contributed by atoms with Crippen molar-refractivity contribution in [3.8, 4) is 0 Å². The number of H-pyrrole nitrogens is 2. The number of aromatic nitrogens is 4. The number of nitrogens with zero attached hydrogens (tertiary/aromatic N) is 2. The van der Waals surface area contributed by atoms with Crippen LogP contribution < -0.4 is 27.4 Å². The maximum atomic E-state index is 13.1. The SMILES string of the molecule is NC(=O)CCC(N)C(=O)NC(CC(=O)O)C(=O)NC(Cc1cnc[nH]1)C(=O)NC(Cc1cnc[nH]1)C(=O)O. The summed E-state index contributed by atoms with van der Waals surface area (Å²) in [7, 11) is 0. The van der Waals surface area contributed by atoms with Crippen molar-refractivity contribution in [2.24, 2.45) is 11.5 Å². The van der Waals surface area contributed by atoms with Crippen molar-refractivity contribution in [3.63, 3.8) is 0 Å². The quantitative estimate of drug-likeness (QED) is 0.102. The molecule has 2 rings (SSSR count). The Kier molecular flexibility index (Phi) is 10.9. The normalized spacial score (nSPS) is 13.9. The molecule has 0 bridgehead atoms. The Hall–Kier alpha value is -4.80. The van der Waals surface area contributed by atoms with Crippen molar-refractivity contribution < 1.29 is 39.0 Å². The molecule has 17 nitrogen and oxygen atoms in total. The third kappa shape index (κ3) is 9.69. The first-order valence-corrected chi connectivity index (χ1v) is 11.3. The van der Waals surface area contributed by atoms with Crippen LogP contribution in [0.1, 0.15) is 30.7 Å². The van der Waals surface area contributed by atoms with Crippen molar-refractivity contribution >= 4 is 35.6 Å². The number of carboxylic acid groups (broad SMARTS) is 2. The number of aromatic amines is 2. The summed E-state index contributed by atoms with van der Waals surface area (Å²) in [4.78, 5) is 85.5. The summed E-state index contributed by atoms with van der Waals surface area (Å²) < 4.78 is 0. The van der Waals surface area contributed by atoms with E-state index >= 15 is 0 Å². The fourth-order valence-corrected chi connectivity index (χ4v) is 3.28. The van der Waals surface area contributed by atoms with Crippen molar-refractivity contribution in [2.75, 3.05) is 0 Å². The summed E-state index contributed by atoms with van der Waals surface area (Å²) in [6.45, 7) is 0. The smallest absolute Gasteiger partial charge is 0.326 e. The van der Waals surface area contributed by atoms with E-state index in [1.807, 2.05) is 0 Å². The molecule has 2 aromatic rings. The number of rotatable bonds is 16. The molecular formula is C21H29N9O8. The molecule has 0 saturated heterocycles. The molecule has 17 heteroatoms. The van der Waals surface area contributed by atoms with Gasteiger partial charge in [-0.1, -0.05) is 0 Å². The van der Waals surface area contributed by atoms with Gasteiger partial charge in [-0.05, 0) is 6.42 Å². The van der Waals surface area contributed by atoms with E-state index in [0.29, 0.717) is 11.4 Å². The van der Waals surface area contributed by atoms with Gasteiger partial charge in [0.15, 0.2) is 0 Å². The highest BCUT2D eigenvalue weighted by atomic mass is 16.4. The lowest BCUT2D eigenvalue weighted by Crippen LogP contribution is -2.58. The number of amides is 4. The number of carbonyl (C=O) groups is 6. The number of carboxylic acids is 2. The molecule has 4 atom stereocenters. The number of hydrogen-bond donors (Lipinski definition) is 9. The zero-order valence-electron chi connectivity index (χ0n) is 20.0. The van der Waals surface area contributed by atoms with Crippen LogP contribution in [0, 0.1) is 0 Å². The number of carbonyl (C=O) groups excluding carboxylic acids is 4. The summed E-state index contributed by atoms with van der Waals surface area (Å²) in [6, 6.07) is -5.67. The number of primary amides is 1.